The van der Waals surface area contributed by atoms with Crippen molar-refractivity contribution in [3.8, 4) is 0 Å². The molecule has 0 aromatic heterocycles. The molecule has 166 valence electrons. The Hall–Kier alpha value is -2.58. The van der Waals surface area contributed by atoms with E-state index < -0.39 is 17.7 Å². The highest BCUT2D eigenvalue weighted by Crippen LogP contribution is 2.37. The molecule has 2 aliphatic rings. The van der Waals surface area contributed by atoms with Gasteiger partial charge in [0.25, 0.3) is 0 Å². The first kappa shape index (κ1) is 21.6. The molecule has 3 atom stereocenters. The predicted molar refractivity (Wildman–Crippen MR) is 109 cm³/mol. The Morgan fingerprint density at radius 3 is 2.42 bits per heavy atom. The van der Waals surface area contributed by atoms with Crippen LogP contribution in [-0.4, -0.2) is 49.6 Å². The first-order valence-corrected chi connectivity index (χ1v) is 10.3. The molecule has 0 aliphatic carbocycles. The van der Waals surface area contributed by atoms with E-state index in [0.717, 1.165) is 36.2 Å². The Bertz CT molecular complexity index is 893. The fourth-order valence-electron chi connectivity index (χ4n) is 4.26. The van der Waals surface area contributed by atoms with Gasteiger partial charge in [-0.3, -0.25) is 0 Å². The maximum absolute atomic E-state index is 12.9. The van der Waals surface area contributed by atoms with Gasteiger partial charge in [-0.2, -0.15) is 13.2 Å². The Labute approximate surface area is 178 Å². The predicted octanol–water partition coefficient (Wildman–Crippen LogP) is 4.57. The number of alkyl halides is 3. The fraction of sp³-hybridized carbons (Fsp3) is 0.435. The molecule has 1 unspecified atom stereocenters. The number of benzene rings is 2. The van der Waals surface area contributed by atoms with Crippen molar-refractivity contribution in [1.82, 2.24) is 0 Å². The van der Waals surface area contributed by atoms with E-state index in [1.165, 1.54) is 0 Å². The van der Waals surface area contributed by atoms with Crippen molar-refractivity contribution in [3.05, 3.63) is 65.2 Å². The van der Waals surface area contributed by atoms with Gasteiger partial charge in [0.2, 0.25) is 0 Å². The first-order valence-electron chi connectivity index (χ1n) is 10.3. The summed E-state index contributed by atoms with van der Waals surface area (Å²) in [5.41, 5.74) is 1.28. The number of aromatic carboxylic acids is 1. The minimum Gasteiger partial charge on any atom is -0.478 e. The second-order valence-corrected chi connectivity index (χ2v) is 8.03. The lowest BCUT2D eigenvalue weighted by molar-refractivity contribution is -0.137. The van der Waals surface area contributed by atoms with Crippen LogP contribution in [0.25, 0.3) is 0 Å². The second kappa shape index (κ2) is 8.88. The number of rotatable bonds is 6. The van der Waals surface area contributed by atoms with E-state index in [4.69, 9.17) is 14.6 Å². The summed E-state index contributed by atoms with van der Waals surface area (Å²) in [7, 11) is 0. The summed E-state index contributed by atoms with van der Waals surface area (Å²) >= 11 is 0. The van der Waals surface area contributed by atoms with Crippen molar-refractivity contribution >= 4 is 11.7 Å². The molecular weight excluding hydrogens is 411 g/mol. The highest BCUT2D eigenvalue weighted by Gasteiger charge is 2.35. The van der Waals surface area contributed by atoms with Gasteiger partial charge in [0.15, 0.2) is 0 Å². The average Bonchev–Trinajstić information content (AvgIpc) is 3.42. The molecule has 31 heavy (non-hydrogen) atoms. The molecule has 2 fully saturated rings. The lowest BCUT2D eigenvalue weighted by Gasteiger charge is -2.27. The largest absolute Gasteiger partial charge is 0.478 e. The lowest BCUT2D eigenvalue weighted by atomic mass is 9.95. The molecule has 0 amide bonds. The van der Waals surface area contributed by atoms with Crippen LogP contribution in [0.15, 0.2) is 48.5 Å². The fourth-order valence-corrected chi connectivity index (χ4v) is 4.26. The SMILES string of the molecule is O=C(O)c1ccc(N2CC(c3ccc(C(F)(F)F)cc3)C[C@H]2CO[C@H]2CCOC2)cc1. The lowest BCUT2D eigenvalue weighted by Crippen LogP contribution is -2.34. The molecule has 1 N–H and O–H groups in total. The van der Waals surface area contributed by atoms with Crippen molar-refractivity contribution in [2.75, 3.05) is 31.3 Å². The number of carbonyl (C=O) groups is 1. The molecule has 2 aliphatic heterocycles. The first-order chi connectivity index (χ1) is 14.8. The van der Waals surface area contributed by atoms with E-state index in [2.05, 4.69) is 4.90 Å². The van der Waals surface area contributed by atoms with Gasteiger partial charge in [-0.1, -0.05) is 12.1 Å². The van der Waals surface area contributed by atoms with Crippen LogP contribution in [0.2, 0.25) is 0 Å². The van der Waals surface area contributed by atoms with Crippen LogP contribution >= 0.6 is 0 Å². The number of nitrogens with zero attached hydrogens (tertiary/aromatic N) is 1. The van der Waals surface area contributed by atoms with Crippen LogP contribution < -0.4 is 4.90 Å². The third-order valence-corrected chi connectivity index (χ3v) is 5.98. The summed E-state index contributed by atoms with van der Waals surface area (Å²) in [6, 6.07) is 12.0. The summed E-state index contributed by atoms with van der Waals surface area (Å²) in [6.45, 7) is 2.35. The average molecular weight is 435 g/mol. The number of ether oxygens (including phenoxy) is 2. The molecule has 0 spiro atoms. The molecule has 8 heteroatoms. The molecule has 2 saturated heterocycles. The standard InChI is InChI=1S/C23H24F3NO4/c24-23(25,26)18-5-1-15(2-6-18)17-11-20(13-31-21-9-10-30-14-21)27(12-17)19-7-3-16(4-8-19)22(28)29/h1-8,17,20-21H,9-14H2,(H,28,29)/t17?,20-,21-/m0/s1. The zero-order valence-electron chi connectivity index (χ0n) is 16.8. The normalized spacial score (nSPS) is 24.0. The quantitative estimate of drug-likeness (QED) is 0.720. The van der Waals surface area contributed by atoms with Crippen LogP contribution in [0.5, 0.6) is 0 Å². The number of carboxylic acids is 1. The third kappa shape index (κ3) is 5.02. The van der Waals surface area contributed by atoms with Crippen LogP contribution in [-0.2, 0) is 15.7 Å². The van der Waals surface area contributed by atoms with Crippen molar-refractivity contribution in [2.45, 2.75) is 37.1 Å². The Kier molecular flexibility index (Phi) is 6.20. The smallest absolute Gasteiger partial charge is 0.416 e. The van der Waals surface area contributed by atoms with E-state index in [9.17, 15) is 18.0 Å². The van der Waals surface area contributed by atoms with E-state index in [1.807, 2.05) is 0 Å². The van der Waals surface area contributed by atoms with E-state index >= 15 is 0 Å². The van der Waals surface area contributed by atoms with Gasteiger partial charge in [0.1, 0.15) is 0 Å². The summed E-state index contributed by atoms with van der Waals surface area (Å²) in [4.78, 5) is 13.3. The molecule has 2 aromatic carbocycles. The van der Waals surface area contributed by atoms with Gasteiger partial charge in [-0.05, 0) is 54.8 Å². The van der Waals surface area contributed by atoms with E-state index in [-0.39, 0.29) is 23.6 Å². The van der Waals surface area contributed by atoms with Crippen LogP contribution in [0, 0.1) is 0 Å². The Morgan fingerprint density at radius 1 is 1.13 bits per heavy atom. The number of carboxylic acid groups (broad SMARTS) is 1. The maximum atomic E-state index is 12.9. The zero-order chi connectivity index (χ0) is 22.0. The van der Waals surface area contributed by atoms with Crippen LogP contribution in [0.1, 0.15) is 40.2 Å². The van der Waals surface area contributed by atoms with Gasteiger partial charge in [-0.15, -0.1) is 0 Å². The molecule has 5 nitrogen and oxygen atoms in total. The van der Waals surface area contributed by atoms with E-state index in [1.54, 1.807) is 36.4 Å². The summed E-state index contributed by atoms with van der Waals surface area (Å²) in [6.07, 6.45) is -2.71. The molecule has 2 heterocycles. The Balaban J connectivity index is 1.52. The summed E-state index contributed by atoms with van der Waals surface area (Å²) in [5, 5.41) is 9.14. The third-order valence-electron chi connectivity index (χ3n) is 5.98. The molecular formula is C23H24F3NO4. The molecule has 4 rings (SSSR count). The number of halogens is 3. The van der Waals surface area contributed by atoms with Gasteiger partial charge in [-0.25, -0.2) is 4.79 Å². The molecule has 2 aromatic rings. The van der Waals surface area contributed by atoms with Gasteiger partial charge >= 0.3 is 12.1 Å². The van der Waals surface area contributed by atoms with E-state index in [0.29, 0.717) is 26.4 Å². The van der Waals surface area contributed by atoms with Gasteiger partial charge < -0.3 is 19.5 Å². The summed E-state index contributed by atoms with van der Waals surface area (Å²) in [5.74, 6) is -0.938. The molecule has 0 bridgehead atoms. The topological polar surface area (TPSA) is 59.0 Å². The maximum Gasteiger partial charge on any atom is 0.416 e. The molecule has 0 saturated carbocycles. The van der Waals surface area contributed by atoms with Crippen LogP contribution in [0.3, 0.4) is 0 Å². The number of hydrogen-bond donors (Lipinski definition) is 1. The van der Waals surface area contributed by atoms with Crippen molar-refractivity contribution < 1.29 is 32.5 Å². The van der Waals surface area contributed by atoms with Gasteiger partial charge in [0, 0.05) is 24.8 Å². The zero-order valence-corrected chi connectivity index (χ0v) is 16.8. The monoisotopic (exact) mass is 435 g/mol. The van der Waals surface area contributed by atoms with Crippen molar-refractivity contribution in [2.24, 2.45) is 0 Å². The van der Waals surface area contributed by atoms with Crippen molar-refractivity contribution in [3.63, 3.8) is 0 Å². The Morgan fingerprint density at radius 2 is 1.84 bits per heavy atom. The number of hydrogen-bond acceptors (Lipinski definition) is 4. The highest BCUT2D eigenvalue weighted by molar-refractivity contribution is 5.88. The highest BCUT2D eigenvalue weighted by atomic mass is 19.4. The minimum atomic E-state index is -4.36. The van der Waals surface area contributed by atoms with Crippen molar-refractivity contribution in [1.29, 1.82) is 0 Å². The molecule has 0 radical (unpaired) electrons. The second-order valence-electron chi connectivity index (χ2n) is 8.03. The summed E-state index contributed by atoms with van der Waals surface area (Å²) < 4.78 is 50.1. The number of anilines is 1. The van der Waals surface area contributed by atoms with Gasteiger partial charge in [0.05, 0.1) is 36.5 Å². The minimum absolute atomic E-state index is 0.0311. The van der Waals surface area contributed by atoms with Crippen LogP contribution in [0.4, 0.5) is 18.9 Å².